The van der Waals surface area contributed by atoms with Gasteiger partial charge in [0, 0.05) is 16.2 Å². The third-order valence-corrected chi connectivity index (χ3v) is 0.928. The molecule has 11 heavy (non-hydrogen) atoms. The zero-order valence-corrected chi connectivity index (χ0v) is 6.09. The summed E-state index contributed by atoms with van der Waals surface area (Å²) in [7, 11) is 1.15. The largest absolute Gasteiger partial charge is 0.466 e. The highest BCUT2D eigenvalue weighted by molar-refractivity contribution is 5.95. The lowest BCUT2D eigenvalue weighted by Gasteiger charge is -1.93. The van der Waals surface area contributed by atoms with Crippen LogP contribution in [0, 0.1) is 0 Å². The van der Waals surface area contributed by atoms with Crippen LogP contribution in [0.25, 0.3) is 0 Å². The van der Waals surface area contributed by atoms with E-state index in [9.17, 15) is 14.1 Å². The molecule has 0 heterocycles. The molecule has 0 aromatic heterocycles. The Hall–Kier alpha value is -1.39. The van der Waals surface area contributed by atoms with Crippen LogP contribution in [0.5, 0.6) is 0 Å². The Kier molecular flexibility index (Phi) is 3.87. The normalized spacial score (nSPS) is 10.6. The number of carbonyl (C=O) groups excluding carboxylic acids is 2. The summed E-state index contributed by atoms with van der Waals surface area (Å²) in [5, 5.41) is 0. The molecule has 0 amide bonds. The monoisotopic (exact) mass is 162 g/mol. The summed E-state index contributed by atoms with van der Waals surface area (Å²) in [4.78, 5) is 23.5. The first-order valence-corrected chi connectivity index (χ1v) is 2.71. The van der Waals surface area contributed by atoms with Crippen molar-refractivity contribution in [3.63, 3.8) is 0 Å². The molecule has 0 unspecified atom stereocenters. The summed E-state index contributed by atoms with van der Waals surface area (Å²) in [6.07, 6.45) is 0.835. The molecule has 0 rings (SSSR count). The number of esters is 1. The average Bonchev–Trinajstić information content (AvgIpc) is 2.02. The predicted octanol–water partition coefficient (Wildman–Crippen LogP) is 0.533. The zero-order valence-electron chi connectivity index (χ0n) is 6.09. The van der Waals surface area contributed by atoms with Crippen molar-refractivity contribution in [2.45, 2.75) is 6.92 Å². The Labute approximate surface area is 62.5 Å². The number of hydrogen-bond acceptors (Lipinski definition) is 4. The second kappa shape index (κ2) is 4.43. The lowest BCUT2D eigenvalue weighted by molar-refractivity contribution is -0.178. The number of hydrogen-bond donors (Lipinski definition) is 0. The van der Waals surface area contributed by atoms with Gasteiger partial charge in [0.1, 0.15) is 0 Å². The Morgan fingerprint density at radius 2 is 2.00 bits per heavy atom. The maximum absolute atomic E-state index is 11.1. The maximum atomic E-state index is 11.1. The molecule has 0 aliphatic carbocycles. The summed E-state index contributed by atoms with van der Waals surface area (Å²) in [5.41, 5.74) is -0.153. The lowest BCUT2D eigenvalue weighted by atomic mass is 10.3. The van der Waals surface area contributed by atoms with Gasteiger partial charge in [0.2, 0.25) is 0 Å². The average molecular weight is 162 g/mol. The number of methoxy groups -OCH3 is 1. The SMILES string of the molecule is COC(=O)/C=C(/C)C(=O)OF. The molecule has 62 valence electrons. The topological polar surface area (TPSA) is 52.6 Å². The number of ether oxygens (including phenoxy) is 1. The van der Waals surface area contributed by atoms with Crippen molar-refractivity contribution < 1.29 is 23.8 Å². The third-order valence-electron chi connectivity index (χ3n) is 0.928. The van der Waals surface area contributed by atoms with Gasteiger partial charge in [0.25, 0.3) is 0 Å². The standard InChI is InChI=1S/C6H7FO4/c1-4(6(9)11-7)3-5(8)10-2/h3H,1-2H3/b4-3-. The van der Waals surface area contributed by atoms with Crippen LogP contribution in [0.3, 0.4) is 0 Å². The van der Waals surface area contributed by atoms with Crippen LogP contribution in [0.1, 0.15) is 6.92 Å². The molecule has 0 spiro atoms. The summed E-state index contributed by atoms with van der Waals surface area (Å²) >= 11 is 0. The third kappa shape index (κ3) is 3.34. The van der Waals surface area contributed by atoms with Crippen LogP contribution in [-0.2, 0) is 19.3 Å². The van der Waals surface area contributed by atoms with Gasteiger partial charge in [-0.3, -0.25) is 0 Å². The number of rotatable bonds is 2. The van der Waals surface area contributed by atoms with Gasteiger partial charge in [0.15, 0.2) is 0 Å². The zero-order chi connectivity index (χ0) is 8.85. The van der Waals surface area contributed by atoms with Crippen molar-refractivity contribution in [2.24, 2.45) is 0 Å². The van der Waals surface area contributed by atoms with Crippen molar-refractivity contribution in [1.82, 2.24) is 0 Å². The van der Waals surface area contributed by atoms with E-state index in [1.54, 1.807) is 0 Å². The van der Waals surface area contributed by atoms with Crippen molar-refractivity contribution >= 4 is 11.9 Å². The van der Waals surface area contributed by atoms with Gasteiger partial charge in [-0.2, -0.15) is 0 Å². The molecule has 0 aliphatic rings. The van der Waals surface area contributed by atoms with Gasteiger partial charge >= 0.3 is 11.9 Å². The van der Waals surface area contributed by atoms with Gasteiger partial charge in [-0.15, -0.1) is 0 Å². The van der Waals surface area contributed by atoms with E-state index in [0.29, 0.717) is 0 Å². The highest BCUT2D eigenvalue weighted by Crippen LogP contribution is 1.96. The number of halogens is 1. The fourth-order valence-corrected chi connectivity index (χ4v) is 0.355. The molecule has 0 saturated carbocycles. The van der Waals surface area contributed by atoms with E-state index >= 15 is 0 Å². The molecule has 0 fully saturated rings. The van der Waals surface area contributed by atoms with Crippen molar-refractivity contribution in [3.8, 4) is 0 Å². The minimum Gasteiger partial charge on any atom is -0.466 e. The molecular weight excluding hydrogens is 155 g/mol. The van der Waals surface area contributed by atoms with E-state index in [-0.39, 0.29) is 5.57 Å². The first-order valence-electron chi connectivity index (χ1n) is 2.71. The molecule has 0 bridgehead atoms. The first kappa shape index (κ1) is 9.61. The molecule has 0 atom stereocenters. The minimum atomic E-state index is -1.20. The van der Waals surface area contributed by atoms with Crippen molar-refractivity contribution in [2.75, 3.05) is 7.11 Å². The van der Waals surface area contributed by atoms with E-state index < -0.39 is 11.9 Å². The Bertz CT molecular complexity index is 197. The van der Waals surface area contributed by atoms with Crippen LogP contribution in [0.15, 0.2) is 11.6 Å². The van der Waals surface area contributed by atoms with E-state index in [2.05, 4.69) is 9.68 Å². The molecule has 5 heteroatoms. The van der Waals surface area contributed by atoms with E-state index in [1.165, 1.54) is 6.92 Å². The van der Waals surface area contributed by atoms with Crippen LogP contribution in [0.2, 0.25) is 0 Å². The molecule has 0 aromatic rings. The van der Waals surface area contributed by atoms with Crippen LogP contribution >= 0.6 is 0 Å². The van der Waals surface area contributed by atoms with E-state index in [1.807, 2.05) is 0 Å². The van der Waals surface area contributed by atoms with E-state index in [0.717, 1.165) is 13.2 Å². The lowest BCUT2D eigenvalue weighted by Crippen LogP contribution is -2.03. The summed E-state index contributed by atoms with van der Waals surface area (Å²) in [6, 6.07) is 0. The molecular formula is C6H7FO4. The quantitative estimate of drug-likeness (QED) is 0.439. The minimum absolute atomic E-state index is 0.153. The fraction of sp³-hybridized carbons (Fsp3) is 0.333. The highest BCUT2D eigenvalue weighted by atomic mass is 19.3. The molecule has 0 N–H and O–H groups in total. The van der Waals surface area contributed by atoms with Crippen molar-refractivity contribution in [1.29, 1.82) is 0 Å². The van der Waals surface area contributed by atoms with Crippen LogP contribution < -0.4 is 0 Å². The summed E-state index contributed by atoms with van der Waals surface area (Å²) in [6.45, 7) is 1.23. The Balaban J connectivity index is 4.21. The van der Waals surface area contributed by atoms with Crippen LogP contribution in [-0.4, -0.2) is 19.0 Å². The number of carbonyl (C=O) groups is 2. The van der Waals surface area contributed by atoms with Gasteiger partial charge < -0.3 is 4.74 Å². The van der Waals surface area contributed by atoms with Crippen molar-refractivity contribution in [3.05, 3.63) is 11.6 Å². The summed E-state index contributed by atoms with van der Waals surface area (Å²) in [5.74, 6) is -1.93. The van der Waals surface area contributed by atoms with Gasteiger partial charge in [-0.25, -0.2) is 14.5 Å². The molecule has 0 saturated heterocycles. The fourth-order valence-electron chi connectivity index (χ4n) is 0.355. The Morgan fingerprint density at radius 3 is 2.36 bits per heavy atom. The van der Waals surface area contributed by atoms with Gasteiger partial charge in [-0.05, 0) is 6.92 Å². The predicted molar refractivity (Wildman–Crippen MR) is 33.0 cm³/mol. The summed E-state index contributed by atoms with van der Waals surface area (Å²) < 4.78 is 15.3. The van der Waals surface area contributed by atoms with E-state index in [4.69, 9.17) is 0 Å². The van der Waals surface area contributed by atoms with Crippen LogP contribution in [0.4, 0.5) is 4.53 Å². The maximum Gasteiger partial charge on any atom is 0.375 e. The Morgan fingerprint density at radius 1 is 1.45 bits per heavy atom. The smallest absolute Gasteiger partial charge is 0.375 e. The molecule has 0 radical (unpaired) electrons. The first-order chi connectivity index (χ1) is 5.11. The second-order valence-corrected chi connectivity index (χ2v) is 1.72. The highest BCUT2D eigenvalue weighted by Gasteiger charge is 2.07. The van der Waals surface area contributed by atoms with Gasteiger partial charge in [0.05, 0.1) is 7.11 Å². The van der Waals surface area contributed by atoms with Gasteiger partial charge in [-0.1, -0.05) is 0 Å². The molecule has 0 aliphatic heterocycles. The second-order valence-electron chi connectivity index (χ2n) is 1.72. The molecule has 4 nitrogen and oxygen atoms in total. The molecule has 0 aromatic carbocycles.